The topological polar surface area (TPSA) is 129 Å². The SMILES string of the molecule is O=C(CN1C(=O)COc2cccnc21)Nc1ccc(O)c(C(=O)O)c1. The fourth-order valence-corrected chi connectivity index (χ4v) is 2.33. The van der Waals surface area contributed by atoms with Crippen molar-refractivity contribution >= 4 is 29.3 Å². The number of carboxylic acid groups (broad SMARTS) is 1. The average Bonchev–Trinajstić information content (AvgIpc) is 2.59. The van der Waals surface area contributed by atoms with E-state index in [0.717, 1.165) is 12.1 Å². The van der Waals surface area contributed by atoms with Crippen molar-refractivity contribution in [2.75, 3.05) is 23.4 Å². The maximum atomic E-state index is 12.2. The predicted octanol–water partition coefficient (Wildman–Crippen LogP) is 0.849. The number of aromatic carboxylic acids is 1. The van der Waals surface area contributed by atoms with Crippen LogP contribution in [0.3, 0.4) is 0 Å². The summed E-state index contributed by atoms with van der Waals surface area (Å²) >= 11 is 0. The van der Waals surface area contributed by atoms with Crippen LogP contribution in [0.4, 0.5) is 11.5 Å². The van der Waals surface area contributed by atoms with Crippen molar-refractivity contribution in [1.82, 2.24) is 4.98 Å². The second-order valence-corrected chi connectivity index (χ2v) is 5.18. The van der Waals surface area contributed by atoms with E-state index >= 15 is 0 Å². The summed E-state index contributed by atoms with van der Waals surface area (Å²) in [5.74, 6) is -2.06. The third-order valence-electron chi connectivity index (χ3n) is 3.47. The van der Waals surface area contributed by atoms with Crippen molar-refractivity contribution in [3.05, 3.63) is 42.1 Å². The molecule has 0 bridgehead atoms. The third-order valence-corrected chi connectivity index (χ3v) is 3.47. The smallest absolute Gasteiger partial charge is 0.339 e. The first kappa shape index (κ1) is 16.2. The molecule has 1 aromatic carbocycles. The molecule has 9 heteroatoms. The van der Waals surface area contributed by atoms with E-state index in [2.05, 4.69) is 10.3 Å². The van der Waals surface area contributed by atoms with Gasteiger partial charge in [0, 0.05) is 11.9 Å². The zero-order valence-electron chi connectivity index (χ0n) is 12.8. The monoisotopic (exact) mass is 343 g/mol. The van der Waals surface area contributed by atoms with Crippen LogP contribution in [0.5, 0.6) is 11.5 Å². The lowest BCUT2D eigenvalue weighted by Gasteiger charge is -2.27. The summed E-state index contributed by atoms with van der Waals surface area (Å²) in [6.07, 6.45) is 1.48. The summed E-state index contributed by atoms with van der Waals surface area (Å²) in [4.78, 5) is 40.5. The summed E-state index contributed by atoms with van der Waals surface area (Å²) in [5, 5.41) is 20.9. The summed E-state index contributed by atoms with van der Waals surface area (Å²) < 4.78 is 5.24. The van der Waals surface area contributed by atoms with Crippen LogP contribution < -0.4 is 15.0 Å². The van der Waals surface area contributed by atoms with Crippen molar-refractivity contribution in [3.8, 4) is 11.5 Å². The molecular formula is C16H13N3O6. The number of carbonyl (C=O) groups is 3. The summed E-state index contributed by atoms with van der Waals surface area (Å²) in [6.45, 7) is -0.510. The van der Waals surface area contributed by atoms with Crippen LogP contribution >= 0.6 is 0 Å². The Morgan fingerprint density at radius 3 is 2.88 bits per heavy atom. The van der Waals surface area contributed by atoms with Gasteiger partial charge in [-0.1, -0.05) is 0 Å². The molecule has 0 atom stereocenters. The average molecular weight is 343 g/mol. The van der Waals surface area contributed by atoms with E-state index in [1.165, 1.54) is 17.2 Å². The van der Waals surface area contributed by atoms with E-state index in [1.54, 1.807) is 12.1 Å². The predicted molar refractivity (Wildman–Crippen MR) is 85.8 cm³/mol. The van der Waals surface area contributed by atoms with Gasteiger partial charge in [0.1, 0.15) is 17.9 Å². The van der Waals surface area contributed by atoms with E-state index in [1.807, 2.05) is 0 Å². The molecule has 3 N–H and O–H groups in total. The number of nitrogens with zero attached hydrogens (tertiary/aromatic N) is 2. The van der Waals surface area contributed by atoms with Gasteiger partial charge in [-0.05, 0) is 30.3 Å². The molecule has 0 spiro atoms. The van der Waals surface area contributed by atoms with Gasteiger partial charge < -0.3 is 20.3 Å². The van der Waals surface area contributed by atoms with E-state index in [-0.39, 0.29) is 30.2 Å². The molecule has 0 unspecified atom stereocenters. The normalized spacial score (nSPS) is 13.0. The van der Waals surface area contributed by atoms with Gasteiger partial charge in [-0.2, -0.15) is 0 Å². The Balaban J connectivity index is 1.76. The second kappa shape index (κ2) is 6.48. The molecule has 0 saturated carbocycles. The highest BCUT2D eigenvalue weighted by atomic mass is 16.5. The fraction of sp³-hybridized carbons (Fsp3) is 0.125. The Labute approximate surface area is 141 Å². The molecule has 1 aliphatic rings. The first-order valence-corrected chi connectivity index (χ1v) is 7.20. The van der Waals surface area contributed by atoms with Gasteiger partial charge in [0.15, 0.2) is 18.2 Å². The number of ether oxygens (including phenoxy) is 1. The number of nitrogens with one attached hydrogen (secondary N) is 1. The van der Waals surface area contributed by atoms with Crippen molar-refractivity contribution in [2.24, 2.45) is 0 Å². The lowest BCUT2D eigenvalue weighted by Crippen LogP contribution is -2.43. The van der Waals surface area contributed by atoms with Gasteiger partial charge in [0.05, 0.1) is 0 Å². The molecule has 2 amide bonds. The number of benzene rings is 1. The van der Waals surface area contributed by atoms with Gasteiger partial charge in [0.2, 0.25) is 5.91 Å². The molecule has 1 aromatic heterocycles. The van der Waals surface area contributed by atoms with Gasteiger partial charge in [-0.15, -0.1) is 0 Å². The van der Waals surface area contributed by atoms with Crippen LogP contribution in [0.15, 0.2) is 36.5 Å². The van der Waals surface area contributed by atoms with Crippen molar-refractivity contribution in [2.45, 2.75) is 0 Å². The Morgan fingerprint density at radius 2 is 2.12 bits per heavy atom. The van der Waals surface area contributed by atoms with Gasteiger partial charge in [-0.25, -0.2) is 9.78 Å². The van der Waals surface area contributed by atoms with Gasteiger partial charge in [0.25, 0.3) is 5.91 Å². The zero-order chi connectivity index (χ0) is 18.0. The van der Waals surface area contributed by atoms with Crippen LogP contribution in [0.2, 0.25) is 0 Å². The van der Waals surface area contributed by atoms with Gasteiger partial charge >= 0.3 is 5.97 Å². The minimum atomic E-state index is -1.32. The number of rotatable bonds is 4. The molecule has 0 radical (unpaired) electrons. The molecular weight excluding hydrogens is 330 g/mol. The van der Waals surface area contributed by atoms with Gasteiger partial charge in [-0.3, -0.25) is 14.5 Å². The van der Waals surface area contributed by atoms with E-state index in [0.29, 0.717) is 5.75 Å². The highest BCUT2D eigenvalue weighted by Crippen LogP contribution is 2.29. The van der Waals surface area contributed by atoms with Crippen LogP contribution in [-0.4, -0.2) is 46.1 Å². The molecule has 9 nitrogen and oxygen atoms in total. The standard InChI is InChI=1S/C16H13N3O6/c20-11-4-3-9(6-10(11)16(23)24)18-13(21)7-19-14(22)8-25-12-2-1-5-17-15(12)19/h1-6,20H,7-8H2,(H,18,21)(H,23,24). The van der Waals surface area contributed by atoms with Crippen molar-refractivity contribution in [3.63, 3.8) is 0 Å². The number of hydrogen-bond acceptors (Lipinski definition) is 6. The minimum absolute atomic E-state index is 0.183. The van der Waals surface area contributed by atoms with Crippen LogP contribution in [0.25, 0.3) is 0 Å². The van der Waals surface area contributed by atoms with Crippen molar-refractivity contribution < 1.29 is 29.3 Å². The summed E-state index contributed by atoms with van der Waals surface area (Å²) in [5.41, 5.74) is -0.158. The first-order valence-electron chi connectivity index (χ1n) is 7.20. The molecule has 3 rings (SSSR count). The largest absolute Gasteiger partial charge is 0.507 e. The fourth-order valence-electron chi connectivity index (χ4n) is 2.33. The number of aromatic hydroxyl groups is 1. The molecule has 25 heavy (non-hydrogen) atoms. The second-order valence-electron chi connectivity index (χ2n) is 5.18. The number of fused-ring (bicyclic) bond motifs is 1. The molecule has 128 valence electrons. The van der Waals surface area contributed by atoms with E-state index in [4.69, 9.17) is 9.84 Å². The highest BCUT2D eigenvalue weighted by molar-refractivity contribution is 6.04. The van der Waals surface area contributed by atoms with E-state index in [9.17, 15) is 19.5 Å². The molecule has 2 heterocycles. The Morgan fingerprint density at radius 1 is 1.32 bits per heavy atom. The zero-order valence-corrected chi connectivity index (χ0v) is 12.8. The number of amides is 2. The Kier molecular flexibility index (Phi) is 4.21. The van der Waals surface area contributed by atoms with E-state index < -0.39 is 23.5 Å². The Bertz CT molecular complexity index is 867. The summed E-state index contributed by atoms with van der Waals surface area (Å²) in [7, 11) is 0. The van der Waals surface area contributed by atoms with Crippen LogP contribution in [-0.2, 0) is 9.59 Å². The molecule has 2 aromatic rings. The number of anilines is 2. The van der Waals surface area contributed by atoms with Crippen LogP contribution in [0, 0.1) is 0 Å². The molecule has 0 fully saturated rings. The molecule has 0 saturated heterocycles. The molecule has 0 aliphatic carbocycles. The summed E-state index contributed by atoms with van der Waals surface area (Å²) in [6, 6.07) is 6.93. The number of phenols is 1. The maximum absolute atomic E-state index is 12.2. The van der Waals surface area contributed by atoms with Crippen LogP contribution in [0.1, 0.15) is 10.4 Å². The highest BCUT2D eigenvalue weighted by Gasteiger charge is 2.28. The third kappa shape index (κ3) is 3.34. The van der Waals surface area contributed by atoms with Crippen molar-refractivity contribution in [1.29, 1.82) is 0 Å². The maximum Gasteiger partial charge on any atom is 0.339 e. The number of carboxylic acids is 1. The Hall–Kier alpha value is -3.62. The molecule has 1 aliphatic heterocycles. The minimum Gasteiger partial charge on any atom is -0.507 e. The number of aromatic nitrogens is 1. The number of pyridine rings is 1. The number of carbonyl (C=O) groups excluding carboxylic acids is 2. The quantitative estimate of drug-likeness (QED) is 0.702. The lowest BCUT2D eigenvalue weighted by atomic mass is 10.2. The first-order chi connectivity index (χ1) is 12.0. The number of hydrogen-bond donors (Lipinski definition) is 3. The lowest BCUT2D eigenvalue weighted by molar-refractivity contribution is -0.123.